The van der Waals surface area contributed by atoms with E-state index in [1.165, 1.54) is 18.3 Å². The molecule has 0 saturated carbocycles. The van der Waals surface area contributed by atoms with Gasteiger partial charge in [-0.05, 0) is 31.4 Å². The average molecular weight is 299 g/mol. The molecule has 1 aliphatic rings. The minimum absolute atomic E-state index is 0.189. The molecule has 20 heavy (non-hydrogen) atoms. The van der Waals surface area contributed by atoms with Crippen LogP contribution >= 0.6 is 0 Å². The Labute approximate surface area is 116 Å². The quantitative estimate of drug-likeness (QED) is 0.625. The molecule has 1 atom stereocenters. The predicted molar refractivity (Wildman–Crippen MR) is 68.5 cm³/mol. The number of halogens is 1. The number of isocyanates is 1. The normalized spacial score (nSPS) is 20.9. The third-order valence-corrected chi connectivity index (χ3v) is 4.99. The molecule has 108 valence electrons. The molecule has 1 unspecified atom stereocenters. The van der Waals surface area contributed by atoms with Gasteiger partial charge in [-0.2, -0.15) is 9.30 Å². The highest BCUT2D eigenvalue weighted by Gasteiger charge is 2.35. The smallest absolute Gasteiger partial charge is 0.241 e. The molecule has 0 bridgehead atoms. The van der Waals surface area contributed by atoms with Crippen molar-refractivity contribution in [2.75, 3.05) is 6.54 Å². The van der Waals surface area contributed by atoms with Gasteiger partial charge in [0, 0.05) is 12.7 Å². The van der Waals surface area contributed by atoms with Gasteiger partial charge in [-0.1, -0.05) is 6.42 Å². The first kappa shape index (κ1) is 14.8. The van der Waals surface area contributed by atoms with Crippen LogP contribution in [0.1, 0.15) is 25.7 Å². The molecule has 1 aromatic rings. The number of aromatic nitrogens is 1. The largest absolute Gasteiger partial charge is 0.265 e. The number of pyridine rings is 1. The fourth-order valence-electron chi connectivity index (χ4n) is 2.21. The van der Waals surface area contributed by atoms with E-state index in [-0.39, 0.29) is 6.54 Å². The summed E-state index contributed by atoms with van der Waals surface area (Å²) in [6, 6.07) is 2.35. The maximum absolute atomic E-state index is 13.7. The standard InChI is InChI=1S/C12H14FN3O3S/c13-10-5-4-7-14-12(10)20(18,19)16-8-3-1-2-6-11(16)15-9-17/h4-5,7,11H,1-3,6,8H2. The number of carbonyl (C=O) groups excluding carboxylic acids is 1. The summed E-state index contributed by atoms with van der Waals surface area (Å²) in [6.45, 7) is 0.189. The molecule has 1 fully saturated rings. The maximum atomic E-state index is 13.7. The van der Waals surface area contributed by atoms with E-state index in [0.29, 0.717) is 12.8 Å². The van der Waals surface area contributed by atoms with Gasteiger partial charge in [-0.25, -0.2) is 22.6 Å². The highest BCUT2D eigenvalue weighted by Crippen LogP contribution is 2.25. The van der Waals surface area contributed by atoms with Crippen molar-refractivity contribution in [3.63, 3.8) is 0 Å². The molecule has 0 aromatic carbocycles. The van der Waals surface area contributed by atoms with Crippen LogP contribution in [-0.2, 0) is 14.8 Å². The van der Waals surface area contributed by atoms with Crippen molar-refractivity contribution < 1.29 is 17.6 Å². The second kappa shape index (κ2) is 6.21. The lowest BCUT2D eigenvalue weighted by Gasteiger charge is -2.24. The Bertz CT molecular complexity index is 629. The van der Waals surface area contributed by atoms with E-state index in [1.807, 2.05) is 0 Å². The lowest BCUT2D eigenvalue weighted by Crippen LogP contribution is -2.39. The van der Waals surface area contributed by atoms with E-state index in [9.17, 15) is 17.6 Å². The molecule has 0 aliphatic carbocycles. The zero-order chi connectivity index (χ0) is 14.6. The van der Waals surface area contributed by atoms with Gasteiger partial charge in [0.15, 0.2) is 5.82 Å². The van der Waals surface area contributed by atoms with Crippen LogP contribution in [0.3, 0.4) is 0 Å². The SMILES string of the molecule is O=C=NC1CCCCCN1S(=O)(=O)c1ncccc1F. The molecule has 0 spiro atoms. The molecule has 1 aromatic heterocycles. The summed E-state index contributed by atoms with van der Waals surface area (Å²) in [7, 11) is -4.11. The van der Waals surface area contributed by atoms with Gasteiger partial charge in [-0.3, -0.25) is 0 Å². The van der Waals surface area contributed by atoms with Crippen LogP contribution in [-0.4, -0.2) is 36.5 Å². The monoisotopic (exact) mass is 299 g/mol. The first-order valence-corrected chi connectivity index (χ1v) is 7.70. The number of rotatable bonds is 3. The summed E-state index contributed by atoms with van der Waals surface area (Å²) < 4.78 is 39.7. The lowest BCUT2D eigenvalue weighted by atomic mass is 10.2. The summed E-state index contributed by atoms with van der Waals surface area (Å²) in [5.74, 6) is -0.912. The Hall–Kier alpha value is -1.63. The molecule has 1 saturated heterocycles. The number of aliphatic imine (C=N–C) groups is 1. The van der Waals surface area contributed by atoms with Crippen molar-refractivity contribution >= 4 is 16.1 Å². The van der Waals surface area contributed by atoms with E-state index in [4.69, 9.17) is 0 Å². The number of hydrogen-bond acceptors (Lipinski definition) is 5. The maximum Gasteiger partial charge on any atom is 0.265 e. The van der Waals surface area contributed by atoms with Gasteiger partial charge in [0.05, 0.1) is 0 Å². The van der Waals surface area contributed by atoms with E-state index in [0.717, 1.165) is 23.2 Å². The first-order chi connectivity index (χ1) is 9.57. The Morgan fingerprint density at radius 3 is 2.90 bits per heavy atom. The number of sulfonamides is 1. The van der Waals surface area contributed by atoms with Crippen LogP contribution in [0.2, 0.25) is 0 Å². The van der Waals surface area contributed by atoms with Crippen LogP contribution in [0.5, 0.6) is 0 Å². The molecule has 8 heteroatoms. The average Bonchev–Trinajstić information content (AvgIpc) is 2.65. The van der Waals surface area contributed by atoms with Crippen molar-refractivity contribution in [2.45, 2.75) is 36.9 Å². The molecule has 0 N–H and O–H groups in total. The first-order valence-electron chi connectivity index (χ1n) is 6.26. The minimum Gasteiger partial charge on any atom is -0.241 e. The van der Waals surface area contributed by atoms with Crippen LogP contribution in [0.25, 0.3) is 0 Å². The summed E-state index contributed by atoms with van der Waals surface area (Å²) in [6.07, 6.45) is 4.42. The van der Waals surface area contributed by atoms with E-state index in [1.54, 1.807) is 0 Å². The zero-order valence-electron chi connectivity index (χ0n) is 10.7. The Morgan fingerprint density at radius 2 is 2.20 bits per heavy atom. The molecule has 2 rings (SSSR count). The molecule has 1 aliphatic heterocycles. The van der Waals surface area contributed by atoms with E-state index < -0.39 is 27.0 Å². The van der Waals surface area contributed by atoms with E-state index >= 15 is 0 Å². The molecule has 6 nitrogen and oxygen atoms in total. The van der Waals surface area contributed by atoms with Gasteiger partial charge in [0.1, 0.15) is 6.17 Å². The highest BCUT2D eigenvalue weighted by molar-refractivity contribution is 7.89. The van der Waals surface area contributed by atoms with Crippen molar-refractivity contribution in [1.29, 1.82) is 0 Å². The second-order valence-corrected chi connectivity index (χ2v) is 6.26. The van der Waals surface area contributed by atoms with Crippen LogP contribution in [0.15, 0.2) is 28.3 Å². The van der Waals surface area contributed by atoms with Crippen molar-refractivity contribution in [3.05, 3.63) is 24.1 Å². The van der Waals surface area contributed by atoms with Gasteiger partial charge >= 0.3 is 0 Å². The second-order valence-electron chi connectivity index (χ2n) is 4.46. The van der Waals surface area contributed by atoms with Gasteiger partial charge in [0.2, 0.25) is 11.1 Å². The Balaban J connectivity index is 2.44. The summed E-state index contributed by atoms with van der Waals surface area (Å²) >= 11 is 0. The Morgan fingerprint density at radius 1 is 1.40 bits per heavy atom. The summed E-state index contributed by atoms with van der Waals surface area (Å²) in [5.41, 5.74) is 0. The molecule has 0 radical (unpaired) electrons. The summed E-state index contributed by atoms with van der Waals surface area (Å²) in [5, 5.41) is -0.631. The fourth-order valence-corrected chi connectivity index (χ4v) is 3.78. The third-order valence-electron chi connectivity index (χ3n) is 3.15. The van der Waals surface area contributed by atoms with Gasteiger partial charge in [-0.15, -0.1) is 0 Å². The number of hydrogen-bond donors (Lipinski definition) is 0. The summed E-state index contributed by atoms with van der Waals surface area (Å²) in [4.78, 5) is 17.6. The molecular formula is C12H14FN3O3S. The van der Waals surface area contributed by atoms with Crippen molar-refractivity contribution in [3.8, 4) is 0 Å². The topological polar surface area (TPSA) is 79.7 Å². The van der Waals surface area contributed by atoms with Crippen molar-refractivity contribution in [1.82, 2.24) is 9.29 Å². The molecular weight excluding hydrogens is 285 g/mol. The lowest BCUT2D eigenvalue weighted by molar-refractivity contribution is 0.327. The minimum atomic E-state index is -4.11. The molecule has 2 heterocycles. The van der Waals surface area contributed by atoms with Crippen LogP contribution in [0, 0.1) is 5.82 Å². The highest BCUT2D eigenvalue weighted by atomic mass is 32.2. The predicted octanol–water partition coefficient (Wildman–Crippen LogP) is 1.45. The van der Waals surface area contributed by atoms with Crippen LogP contribution < -0.4 is 0 Å². The number of nitrogens with zero attached hydrogens (tertiary/aromatic N) is 3. The van der Waals surface area contributed by atoms with Crippen molar-refractivity contribution in [2.24, 2.45) is 4.99 Å². The molecule has 0 amide bonds. The van der Waals surface area contributed by atoms with E-state index in [2.05, 4.69) is 9.98 Å². The van der Waals surface area contributed by atoms with Gasteiger partial charge in [0.25, 0.3) is 10.0 Å². The van der Waals surface area contributed by atoms with Crippen LogP contribution in [0.4, 0.5) is 4.39 Å². The third kappa shape index (κ3) is 2.92. The zero-order valence-corrected chi connectivity index (χ0v) is 11.5. The van der Waals surface area contributed by atoms with Gasteiger partial charge < -0.3 is 0 Å². The Kier molecular flexibility index (Phi) is 4.59. The fraction of sp³-hybridized carbons (Fsp3) is 0.500.